The van der Waals surface area contributed by atoms with Gasteiger partial charge >= 0.3 is 0 Å². The van der Waals surface area contributed by atoms with Crippen molar-refractivity contribution in [2.24, 2.45) is 0 Å². The molecule has 0 unspecified atom stereocenters. The Bertz CT molecular complexity index is 3660. The zero-order valence-corrected chi connectivity index (χ0v) is 30.8. The minimum atomic E-state index is 0.633. The molecule has 0 N–H and O–H groups in total. The van der Waals surface area contributed by atoms with Gasteiger partial charge in [0.1, 0.15) is 16.8 Å². The highest BCUT2D eigenvalue weighted by Gasteiger charge is 2.27. The molecule has 5 heterocycles. The molecular weight excluding hydrogens is 705 g/mol. The minimum absolute atomic E-state index is 0.633. The van der Waals surface area contributed by atoms with Gasteiger partial charge in [0.05, 0.1) is 22.1 Å². The molecule has 0 aliphatic heterocycles. The van der Waals surface area contributed by atoms with Gasteiger partial charge in [-0.05, 0) is 72.3 Å². The summed E-state index contributed by atoms with van der Waals surface area (Å²) in [7, 11) is 0. The molecule has 0 amide bonds. The van der Waals surface area contributed by atoms with E-state index >= 15 is 0 Å². The van der Waals surface area contributed by atoms with Crippen molar-refractivity contribution in [3.8, 4) is 22.9 Å². The summed E-state index contributed by atoms with van der Waals surface area (Å²) in [5, 5.41) is 9.58. The number of rotatable bonds is 3. The molecule has 12 aromatic rings. The molecule has 5 aromatic heterocycles. The van der Waals surface area contributed by atoms with Crippen LogP contribution in [0.2, 0.25) is 0 Å². The van der Waals surface area contributed by atoms with Gasteiger partial charge in [-0.3, -0.25) is 4.57 Å². The van der Waals surface area contributed by atoms with E-state index in [1.807, 2.05) is 23.5 Å². The fraction of sp³-hybridized carbons (Fsp3) is 0.0400. The summed E-state index contributed by atoms with van der Waals surface area (Å²) in [5.74, 6) is 0.633. The first-order valence-corrected chi connectivity index (χ1v) is 20.0. The van der Waals surface area contributed by atoms with E-state index in [1.165, 1.54) is 47.5 Å². The molecule has 13 rings (SSSR count). The highest BCUT2D eigenvalue weighted by molar-refractivity contribution is 7.20. The third kappa shape index (κ3) is 4.03. The molecule has 56 heavy (non-hydrogen) atoms. The Hall–Kier alpha value is -7.02. The van der Waals surface area contributed by atoms with E-state index in [9.17, 15) is 0 Å². The quantitative estimate of drug-likeness (QED) is 0.182. The van der Waals surface area contributed by atoms with Crippen molar-refractivity contribution in [1.82, 2.24) is 19.1 Å². The van der Waals surface area contributed by atoms with Gasteiger partial charge < -0.3 is 8.98 Å². The van der Waals surface area contributed by atoms with E-state index in [-0.39, 0.29) is 0 Å². The minimum Gasteiger partial charge on any atom is -0.452 e. The Balaban J connectivity index is 1.18. The van der Waals surface area contributed by atoms with E-state index in [4.69, 9.17) is 14.4 Å². The number of para-hydroxylation sites is 4. The first-order valence-electron chi connectivity index (χ1n) is 19.1. The van der Waals surface area contributed by atoms with Crippen molar-refractivity contribution in [2.45, 2.75) is 12.8 Å². The number of aryl methyl sites for hydroxylation is 1. The molecule has 7 aromatic carbocycles. The van der Waals surface area contributed by atoms with Gasteiger partial charge in [0.25, 0.3) is 0 Å². The second-order valence-electron chi connectivity index (χ2n) is 14.8. The van der Waals surface area contributed by atoms with Crippen LogP contribution >= 0.6 is 11.3 Å². The third-order valence-corrected chi connectivity index (χ3v) is 13.1. The molecular formula is C50H30N4OS. The summed E-state index contributed by atoms with van der Waals surface area (Å²) in [4.78, 5) is 12.5. The summed E-state index contributed by atoms with van der Waals surface area (Å²) in [6.07, 6.45) is 6.78. The number of benzene rings is 7. The number of allylic oxidation sites excluding steroid dienone is 1. The van der Waals surface area contributed by atoms with E-state index in [0.29, 0.717) is 11.5 Å². The van der Waals surface area contributed by atoms with Crippen LogP contribution in [-0.4, -0.2) is 19.1 Å². The number of aromatic nitrogens is 4. The van der Waals surface area contributed by atoms with Gasteiger partial charge in [-0.15, -0.1) is 11.3 Å². The first-order chi connectivity index (χ1) is 27.8. The second kappa shape index (κ2) is 11.3. The predicted molar refractivity (Wildman–Crippen MR) is 234 cm³/mol. The van der Waals surface area contributed by atoms with Crippen LogP contribution in [0.4, 0.5) is 0 Å². The highest BCUT2D eigenvalue weighted by Crippen LogP contribution is 2.48. The predicted octanol–water partition coefficient (Wildman–Crippen LogP) is 13.6. The lowest BCUT2D eigenvalue weighted by Crippen LogP contribution is -2.03. The number of hydrogen-bond acceptors (Lipinski definition) is 4. The van der Waals surface area contributed by atoms with E-state index < -0.39 is 0 Å². The number of fused-ring (bicyclic) bond motifs is 16. The molecule has 0 radical (unpaired) electrons. The van der Waals surface area contributed by atoms with Crippen molar-refractivity contribution in [1.29, 1.82) is 0 Å². The first kappa shape index (κ1) is 30.3. The molecule has 0 atom stereocenters. The Morgan fingerprint density at radius 2 is 1.27 bits per heavy atom. The lowest BCUT2D eigenvalue weighted by Gasteiger charge is -2.12. The van der Waals surface area contributed by atoms with Crippen LogP contribution in [-0.2, 0) is 6.42 Å². The van der Waals surface area contributed by atoms with Gasteiger partial charge in [0, 0.05) is 58.5 Å². The molecule has 1 aliphatic rings. The molecule has 0 saturated heterocycles. The maximum absolute atomic E-state index is 6.70. The standard InChI is InChI=1S/C50H30N4OS/c1-2-14-30(15-3-1)53-38-22-10-6-16-31(38)37-28-29(26-27-40(37)53)45-48-46(35-20-8-12-24-41(35)55-48)52-50(51-45)54-39-23-11-7-19-34(39)43-32-17-4-5-18-33(32)49-44(47(43)54)36-21-9-13-25-42(36)56-49/h1-12,14-24,26-28H,13,25H2. The van der Waals surface area contributed by atoms with Crippen LogP contribution in [0.15, 0.2) is 156 Å². The van der Waals surface area contributed by atoms with Crippen LogP contribution in [0.5, 0.6) is 0 Å². The Morgan fingerprint density at radius 3 is 2.12 bits per heavy atom. The van der Waals surface area contributed by atoms with Crippen LogP contribution in [0, 0.1) is 0 Å². The molecule has 1 aliphatic carbocycles. The highest BCUT2D eigenvalue weighted by atomic mass is 32.1. The number of hydrogen-bond donors (Lipinski definition) is 0. The maximum Gasteiger partial charge on any atom is 0.236 e. The van der Waals surface area contributed by atoms with E-state index in [0.717, 1.165) is 73.7 Å². The third-order valence-electron chi connectivity index (χ3n) is 11.8. The van der Waals surface area contributed by atoms with Gasteiger partial charge in [0.2, 0.25) is 5.95 Å². The van der Waals surface area contributed by atoms with Gasteiger partial charge in [-0.1, -0.05) is 109 Å². The lowest BCUT2D eigenvalue weighted by molar-refractivity contribution is 0.666. The fourth-order valence-electron chi connectivity index (χ4n) is 9.40. The monoisotopic (exact) mass is 734 g/mol. The Kier molecular flexibility index (Phi) is 6.10. The molecule has 6 heteroatoms. The van der Waals surface area contributed by atoms with E-state index in [2.05, 4.69) is 155 Å². The molecule has 0 spiro atoms. The smallest absolute Gasteiger partial charge is 0.236 e. The summed E-state index contributed by atoms with van der Waals surface area (Å²) in [5.41, 5.74) is 11.0. The average Bonchev–Trinajstić information content (AvgIpc) is 4.01. The molecule has 5 nitrogen and oxygen atoms in total. The van der Waals surface area contributed by atoms with Crippen LogP contribution in [0.1, 0.15) is 16.9 Å². The molecule has 0 fully saturated rings. The van der Waals surface area contributed by atoms with E-state index in [1.54, 1.807) is 0 Å². The summed E-state index contributed by atoms with van der Waals surface area (Å²) >= 11 is 1.94. The number of nitrogens with zero attached hydrogens (tertiary/aromatic N) is 4. The molecule has 0 bridgehead atoms. The Labute approximate surface area is 324 Å². The fourth-order valence-corrected chi connectivity index (χ4v) is 10.7. The van der Waals surface area contributed by atoms with Gasteiger partial charge in [0.15, 0.2) is 5.58 Å². The summed E-state index contributed by atoms with van der Waals surface area (Å²) < 4.78 is 12.7. The van der Waals surface area contributed by atoms with Crippen molar-refractivity contribution < 1.29 is 4.42 Å². The van der Waals surface area contributed by atoms with Crippen molar-refractivity contribution >= 4 is 104 Å². The molecule has 0 saturated carbocycles. The Morgan fingerprint density at radius 1 is 0.571 bits per heavy atom. The van der Waals surface area contributed by atoms with Crippen molar-refractivity contribution in [3.63, 3.8) is 0 Å². The zero-order chi connectivity index (χ0) is 36.5. The SMILES string of the molecule is C1=Cc2c(sc3c4ccccc4c4c5ccccc5n(-c5nc(-c6ccc7c(c6)c6ccccc6n7-c6ccccc6)c6oc7ccccc7c6n5)c4c23)CC1. The second-order valence-corrected chi connectivity index (χ2v) is 15.9. The molecule has 262 valence electrons. The van der Waals surface area contributed by atoms with Crippen LogP contribution in [0.3, 0.4) is 0 Å². The lowest BCUT2D eigenvalue weighted by atomic mass is 9.96. The summed E-state index contributed by atoms with van der Waals surface area (Å²) in [6.45, 7) is 0. The van der Waals surface area contributed by atoms with Gasteiger partial charge in [-0.25, -0.2) is 9.97 Å². The summed E-state index contributed by atoms with van der Waals surface area (Å²) in [6, 6.07) is 51.8. The maximum atomic E-state index is 6.70. The van der Waals surface area contributed by atoms with Gasteiger partial charge in [-0.2, -0.15) is 0 Å². The van der Waals surface area contributed by atoms with Crippen molar-refractivity contribution in [3.05, 3.63) is 162 Å². The van der Waals surface area contributed by atoms with Crippen LogP contribution in [0.25, 0.3) is 116 Å². The van der Waals surface area contributed by atoms with Crippen molar-refractivity contribution in [2.75, 3.05) is 0 Å². The average molecular weight is 735 g/mol. The zero-order valence-electron chi connectivity index (χ0n) is 30.0. The number of furan rings is 1. The number of thiophene rings is 1. The largest absolute Gasteiger partial charge is 0.452 e. The topological polar surface area (TPSA) is 48.8 Å². The normalized spacial score (nSPS) is 13.1. The van der Waals surface area contributed by atoms with Crippen LogP contribution < -0.4 is 0 Å².